The van der Waals surface area contributed by atoms with Gasteiger partial charge in [0.05, 0.1) is 0 Å². The van der Waals surface area contributed by atoms with Crippen molar-refractivity contribution in [3.63, 3.8) is 0 Å². The van der Waals surface area contributed by atoms with E-state index in [2.05, 4.69) is 32.1 Å². The Labute approximate surface area is 58.3 Å². The van der Waals surface area contributed by atoms with Crippen LogP contribution in [0, 0.1) is 5.92 Å². The highest BCUT2D eigenvalue weighted by molar-refractivity contribution is 5.00. The third kappa shape index (κ3) is 7.48. The summed E-state index contributed by atoms with van der Waals surface area (Å²) in [5.41, 5.74) is 0. The maximum atomic E-state index is 2.22. The molecule has 0 unspecified atom stereocenters. The molecule has 0 rings (SSSR count). The van der Waals surface area contributed by atoms with Crippen LogP contribution in [-0.4, -0.2) is 0 Å². The smallest absolute Gasteiger partial charge is 0.0324 e. The predicted octanol–water partition coefficient (Wildman–Crippen LogP) is 3.16. The van der Waals surface area contributed by atoms with Crippen molar-refractivity contribution in [1.82, 2.24) is 0 Å². The Morgan fingerprint density at radius 1 is 1.22 bits per heavy atom. The van der Waals surface area contributed by atoms with Crippen molar-refractivity contribution in [2.24, 2.45) is 5.92 Å². The molecule has 0 fully saturated rings. The van der Waals surface area contributed by atoms with Crippen molar-refractivity contribution in [3.8, 4) is 0 Å². The second-order valence-electron chi connectivity index (χ2n) is 2.58. The van der Waals surface area contributed by atoms with E-state index in [-0.39, 0.29) is 0 Å². The molecular formula is C9H16. The lowest BCUT2D eigenvalue weighted by atomic mass is 10.1. The highest BCUT2D eigenvalue weighted by Gasteiger charge is 1.84. The molecule has 0 heterocycles. The largest absolute Gasteiger partial charge is 0.0877 e. The molecule has 0 aromatic rings. The summed E-state index contributed by atoms with van der Waals surface area (Å²) < 4.78 is 0. The minimum Gasteiger partial charge on any atom is -0.0877 e. The number of rotatable bonds is 3. The fraction of sp³-hybridized carbons (Fsp3) is 0.556. The van der Waals surface area contributed by atoms with Gasteiger partial charge in [-0.25, -0.2) is 0 Å². The normalized spacial score (nSPS) is 12.4. The van der Waals surface area contributed by atoms with E-state index in [1.165, 1.54) is 6.42 Å². The van der Waals surface area contributed by atoms with Crippen LogP contribution in [0.5, 0.6) is 0 Å². The zero-order valence-electron chi connectivity index (χ0n) is 6.59. The quantitative estimate of drug-likeness (QED) is 0.507. The highest BCUT2D eigenvalue weighted by atomic mass is 13.9. The van der Waals surface area contributed by atoms with Crippen LogP contribution in [0.3, 0.4) is 0 Å². The summed E-state index contributed by atoms with van der Waals surface area (Å²) in [5.74, 6) is 0.784. The second-order valence-corrected chi connectivity index (χ2v) is 2.58. The molecule has 0 aromatic carbocycles. The highest BCUT2D eigenvalue weighted by Crippen LogP contribution is 1.99. The molecule has 0 saturated heterocycles. The van der Waals surface area contributed by atoms with Gasteiger partial charge in [-0.3, -0.25) is 0 Å². The average Bonchev–Trinajstić information content (AvgIpc) is 1.80. The van der Waals surface area contributed by atoms with Gasteiger partial charge in [0.15, 0.2) is 0 Å². The SMILES string of the molecule is C/C=C\C=C\CC(C)C. The first-order valence-corrected chi connectivity index (χ1v) is 3.55. The fourth-order valence-electron chi connectivity index (χ4n) is 0.540. The molecule has 0 aliphatic heterocycles. The number of hydrogen-bond acceptors (Lipinski definition) is 0. The molecule has 0 spiro atoms. The van der Waals surface area contributed by atoms with Crippen LogP contribution in [0.25, 0.3) is 0 Å². The van der Waals surface area contributed by atoms with Gasteiger partial charge < -0.3 is 0 Å². The maximum absolute atomic E-state index is 2.22. The van der Waals surface area contributed by atoms with E-state index in [1.807, 2.05) is 13.0 Å². The molecule has 0 atom stereocenters. The molecule has 0 aromatic heterocycles. The third-order valence-corrected chi connectivity index (χ3v) is 1.05. The zero-order valence-corrected chi connectivity index (χ0v) is 6.59. The predicted molar refractivity (Wildman–Crippen MR) is 43.4 cm³/mol. The summed E-state index contributed by atoms with van der Waals surface area (Å²) in [7, 11) is 0. The van der Waals surface area contributed by atoms with Gasteiger partial charge >= 0.3 is 0 Å². The molecule has 0 saturated carbocycles. The molecular weight excluding hydrogens is 108 g/mol. The van der Waals surface area contributed by atoms with Gasteiger partial charge in [-0.05, 0) is 19.3 Å². The lowest BCUT2D eigenvalue weighted by molar-refractivity contribution is 0.664. The molecule has 0 amide bonds. The molecule has 0 nitrogen and oxygen atoms in total. The van der Waals surface area contributed by atoms with E-state index in [4.69, 9.17) is 0 Å². The van der Waals surface area contributed by atoms with Crippen molar-refractivity contribution in [3.05, 3.63) is 24.3 Å². The van der Waals surface area contributed by atoms with Gasteiger partial charge in [0.25, 0.3) is 0 Å². The first-order chi connectivity index (χ1) is 4.27. The van der Waals surface area contributed by atoms with E-state index in [1.54, 1.807) is 0 Å². The van der Waals surface area contributed by atoms with E-state index >= 15 is 0 Å². The van der Waals surface area contributed by atoms with Crippen LogP contribution in [0.1, 0.15) is 27.2 Å². The van der Waals surface area contributed by atoms with Gasteiger partial charge in [-0.2, -0.15) is 0 Å². The standard InChI is InChI=1S/C9H16/c1-4-5-6-7-8-9(2)3/h4-7,9H,8H2,1-3H3/b5-4-,7-6+. The fourth-order valence-corrected chi connectivity index (χ4v) is 0.540. The van der Waals surface area contributed by atoms with Gasteiger partial charge in [-0.15, -0.1) is 0 Å². The minimum absolute atomic E-state index is 0.784. The van der Waals surface area contributed by atoms with Gasteiger partial charge in [-0.1, -0.05) is 38.2 Å². The van der Waals surface area contributed by atoms with Gasteiger partial charge in [0.1, 0.15) is 0 Å². The van der Waals surface area contributed by atoms with Crippen LogP contribution in [0.4, 0.5) is 0 Å². The molecule has 0 aliphatic carbocycles. The summed E-state index contributed by atoms with van der Waals surface area (Å²) in [6, 6.07) is 0. The molecule has 0 N–H and O–H groups in total. The van der Waals surface area contributed by atoms with E-state index in [0.717, 1.165) is 5.92 Å². The average molecular weight is 124 g/mol. The Hall–Kier alpha value is -0.520. The Morgan fingerprint density at radius 2 is 1.89 bits per heavy atom. The van der Waals surface area contributed by atoms with E-state index in [0.29, 0.717) is 0 Å². The Bertz CT molecular complexity index is 96.6. The maximum Gasteiger partial charge on any atom is -0.0324 e. The summed E-state index contributed by atoms with van der Waals surface area (Å²) in [5, 5.41) is 0. The zero-order chi connectivity index (χ0) is 7.11. The number of hydrogen-bond donors (Lipinski definition) is 0. The third-order valence-electron chi connectivity index (χ3n) is 1.05. The summed E-state index contributed by atoms with van der Waals surface area (Å²) in [6.45, 7) is 6.47. The van der Waals surface area contributed by atoms with Crippen LogP contribution >= 0.6 is 0 Å². The van der Waals surface area contributed by atoms with Gasteiger partial charge in [0, 0.05) is 0 Å². The molecule has 0 radical (unpaired) electrons. The van der Waals surface area contributed by atoms with Crippen LogP contribution < -0.4 is 0 Å². The summed E-state index contributed by atoms with van der Waals surface area (Å²) in [4.78, 5) is 0. The summed E-state index contributed by atoms with van der Waals surface area (Å²) in [6.07, 6.45) is 9.58. The van der Waals surface area contributed by atoms with E-state index < -0.39 is 0 Å². The molecule has 0 heteroatoms. The van der Waals surface area contributed by atoms with Crippen LogP contribution in [-0.2, 0) is 0 Å². The van der Waals surface area contributed by atoms with E-state index in [9.17, 15) is 0 Å². The van der Waals surface area contributed by atoms with Crippen molar-refractivity contribution in [2.45, 2.75) is 27.2 Å². The van der Waals surface area contributed by atoms with Gasteiger partial charge in [0.2, 0.25) is 0 Å². The van der Waals surface area contributed by atoms with Crippen molar-refractivity contribution >= 4 is 0 Å². The monoisotopic (exact) mass is 124 g/mol. The molecule has 0 bridgehead atoms. The lowest BCUT2D eigenvalue weighted by Crippen LogP contribution is -1.80. The van der Waals surface area contributed by atoms with Crippen molar-refractivity contribution in [1.29, 1.82) is 0 Å². The first kappa shape index (κ1) is 8.48. The topological polar surface area (TPSA) is 0 Å². The molecule has 52 valence electrons. The summed E-state index contributed by atoms with van der Waals surface area (Å²) >= 11 is 0. The van der Waals surface area contributed by atoms with Crippen LogP contribution in [0.15, 0.2) is 24.3 Å². The molecule has 0 aliphatic rings. The number of allylic oxidation sites excluding steroid dienone is 4. The Balaban J connectivity index is 3.25. The second kappa shape index (κ2) is 5.61. The Morgan fingerprint density at radius 3 is 2.33 bits per heavy atom. The minimum atomic E-state index is 0.784. The first-order valence-electron chi connectivity index (χ1n) is 3.55. The molecule has 9 heavy (non-hydrogen) atoms. The Kier molecular flexibility index (Phi) is 5.29. The van der Waals surface area contributed by atoms with Crippen LogP contribution in [0.2, 0.25) is 0 Å². The lowest BCUT2D eigenvalue weighted by Gasteiger charge is -1.94. The van der Waals surface area contributed by atoms with Crippen molar-refractivity contribution < 1.29 is 0 Å². The van der Waals surface area contributed by atoms with Crippen molar-refractivity contribution in [2.75, 3.05) is 0 Å².